The SMILES string of the molecule is CCCNc1nc(N(C)C)nc(N2CCCCC2)n1. The summed E-state index contributed by atoms with van der Waals surface area (Å²) in [7, 11) is 3.91. The van der Waals surface area contributed by atoms with Gasteiger partial charge in [-0.25, -0.2) is 0 Å². The molecular formula is C13H24N6. The fraction of sp³-hybridized carbons (Fsp3) is 0.769. The molecule has 0 aromatic carbocycles. The molecule has 0 saturated carbocycles. The number of anilines is 3. The topological polar surface area (TPSA) is 57.2 Å². The molecule has 0 atom stereocenters. The predicted molar refractivity (Wildman–Crippen MR) is 79.0 cm³/mol. The summed E-state index contributed by atoms with van der Waals surface area (Å²) in [4.78, 5) is 17.7. The highest BCUT2D eigenvalue weighted by molar-refractivity contribution is 5.44. The smallest absolute Gasteiger partial charge is 0.231 e. The van der Waals surface area contributed by atoms with E-state index in [-0.39, 0.29) is 0 Å². The summed E-state index contributed by atoms with van der Waals surface area (Å²) in [5.41, 5.74) is 0. The highest BCUT2D eigenvalue weighted by atomic mass is 15.3. The molecule has 0 unspecified atom stereocenters. The minimum absolute atomic E-state index is 0.682. The molecule has 0 radical (unpaired) electrons. The fourth-order valence-electron chi connectivity index (χ4n) is 2.11. The summed E-state index contributed by atoms with van der Waals surface area (Å²) in [5, 5.41) is 3.25. The van der Waals surface area contributed by atoms with Crippen molar-refractivity contribution in [1.29, 1.82) is 0 Å². The van der Waals surface area contributed by atoms with Gasteiger partial charge in [0.1, 0.15) is 0 Å². The van der Waals surface area contributed by atoms with Crippen molar-refractivity contribution in [2.45, 2.75) is 32.6 Å². The Hall–Kier alpha value is -1.59. The molecule has 1 fully saturated rings. The molecule has 1 aliphatic heterocycles. The molecule has 2 rings (SSSR count). The quantitative estimate of drug-likeness (QED) is 0.874. The van der Waals surface area contributed by atoms with Crippen LogP contribution in [0.1, 0.15) is 32.6 Å². The Morgan fingerprint density at radius 1 is 1.11 bits per heavy atom. The van der Waals surface area contributed by atoms with Crippen molar-refractivity contribution < 1.29 is 0 Å². The minimum Gasteiger partial charge on any atom is -0.354 e. The number of piperidine rings is 1. The van der Waals surface area contributed by atoms with Gasteiger partial charge < -0.3 is 15.1 Å². The van der Waals surface area contributed by atoms with Gasteiger partial charge in [0.2, 0.25) is 17.8 Å². The van der Waals surface area contributed by atoms with E-state index in [1.807, 2.05) is 19.0 Å². The Labute approximate surface area is 115 Å². The third kappa shape index (κ3) is 3.68. The zero-order valence-electron chi connectivity index (χ0n) is 12.2. The standard InChI is InChI=1S/C13H24N6/c1-4-8-14-11-15-12(18(2)3)17-13(16-11)19-9-6-5-7-10-19/h4-10H2,1-3H3,(H,14,15,16,17). The van der Waals surface area contributed by atoms with E-state index in [1.165, 1.54) is 19.3 Å². The Morgan fingerprint density at radius 2 is 1.84 bits per heavy atom. The van der Waals surface area contributed by atoms with Gasteiger partial charge in [-0.15, -0.1) is 0 Å². The lowest BCUT2D eigenvalue weighted by molar-refractivity contribution is 0.567. The maximum atomic E-state index is 4.55. The van der Waals surface area contributed by atoms with E-state index in [0.29, 0.717) is 11.9 Å². The third-order valence-corrected chi connectivity index (χ3v) is 3.18. The maximum absolute atomic E-state index is 4.55. The molecule has 19 heavy (non-hydrogen) atoms. The minimum atomic E-state index is 0.682. The first-order valence-electron chi connectivity index (χ1n) is 7.13. The van der Waals surface area contributed by atoms with Gasteiger partial charge in [-0.3, -0.25) is 0 Å². The summed E-state index contributed by atoms with van der Waals surface area (Å²) in [6.07, 6.45) is 4.81. The van der Waals surface area contributed by atoms with Crippen LogP contribution in [0.2, 0.25) is 0 Å². The lowest BCUT2D eigenvalue weighted by atomic mass is 10.1. The van der Waals surface area contributed by atoms with Gasteiger partial charge in [-0.05, 0) is 25.7 Å². The van der Waals surface area contributed by atoms with E-state index >= 15 is 0 Å². The lowest BCUT2D eigenvalue weighted by Gasteiger charge is -2.27. The van der Waals surface area contributed by atoms with Crippen molar-refractivity contribution in [2.75, 3.05) is 48.8 Å². The normalized spacial score (nSPS) is 15.4. The van der Waals surface area contributed by atoms with E-state index in [1.54, 1.807) is 0 Å². The molecular weight excluding hydrogens is 240 g/mol. The monoisotopic (exact) mass is 264 g/mol. The number of rotatable bonds is 5. The van der Waals surface area contributed by atoms with Crippen molar-refractivity contribution >= 4 is 17.8 Å². The molecule has 0 aliphatic carbocycles. The van der Waals surface area contributed by atoms with Gasteiger partial charge in [0.25, 0.3) is 0 Å². The Morgan fingerprint density at radius 3 is 2.47 bits per heavy atom. The molecule has 1 saturated heterocycles. The molecule has 0 spiro atoms. The molecule has 2 heterocycles. The van der Waals surface area contributed by atoms with Crippen molar-refractivity contribution in [1.82, 2.24) is 15.0 Å². The third-order valence-electron chi connectivity index (χ3n) is 3.18. The summed E-state index contributed by atoms with van der Waals surface area (Å²) in [6.45, 7) is 5.11. The largest absolute Gasteiger partial charge is 0.354 e. The summed E-state index contributed by atoms with van der Waals surface area (Å²) in [6, 6.07) is 0. The van der Waals surface area contributed by atoms with Crippen LogP contribution in [-0.2, 0) is 0 Å². The van der Waals surface area contributed by atoms with Crippen molar-refractivity contribution in [3.05, 3.63) is 0 Å². The Kier molecular flexibility index (Phi) is 4.76. The molecule has 106 valence electrons. The van der Waals surface area contributed by atoms with Gasteiger partial charge in [0.05, 0.1) is 0 Å². The highest BCUT2D eigenvalue weighted by Crippen LogP contribution is 2.19. The van der Waals surface area contributed by atoms with Crippen LogP contribution in [0.3, 0.4) is 0 Å². The number of aromatic nitrogens is 3. The van der Waals surface area contributed by atoms with Crippen LogP contribution in [0.25, 0.3) is 0 Å². The second kappa shape index (κ2) is 6.54. The van der Waals surface area contributed by atoms with Gasteiger partial charge in [-0.1, -0.05) is 6.92 Å². The van der Waals surface area contributed by atoms with Crippen molar-refractivity contribution in [3.8, 4) is 0 Å². The van der Waals surface area contributed by atoms with E-state index in [2.05, 4.69) is 32.1 Å². The first-order chi connectivity index (χ1) is 9.20. The van der Waals surface area contributed by atoms with Crippen LogP contribution in [0.15, 0.2) is 0 Å². The van der Waals surface area contributed by atoms with E-state index in [4.69, 9.17) is 0 Å². The molecule has 1 aromatic heterocycles. The van der Waals surface area contributed by atoms with E-state index < -0.39 is 0 Å². The summed E-state index contributed by atoms with van der Waals surface area (Å²) >= 11 is 0. The molecule has 1 N–H and O–H groups in total. The Balaban J connectivity index is 2.22. The summed E-state index contributed by atoms with van der Waals surface area (Å²) in [5.74, 6) is 2.20. The van der Waals surface area contributed by atoms with Crippen LogP contribution in [0.5, 0.6) is 0 Å². The van der Waals surface area contributed by atoms with Gasteiger partial charge in [-0.2, -0.15) is 15.0 Å². The van der Waals surface area contributed by atoms with Crippen molar-refractivity contribution in [2.24, 2.45) is 0 Å². The van der Waals surface area contributed by atoms with E-state index in [0.717, 1.165) is 32.0 Å². The first-order valence-corrected chi connectivity index (χ1v) is 7.13. The van der Waals surface area contributed by atoms with Gasteiger partial charge in [0.15, 0.2) is 0 Å². The first kappa shape index (κ1) is 13.8. The zero-order chi connectivity index (χ0) is 13.7. The fourth-order valence-corrected chi connectivity index (χ4v) is 2.11. The highest BCUT2D eigenvalue weighted by Gasteiger charge is 2.16. The maximum Gasteiger partial charge on any atom is 0.231 e. The molecule has 0 amide bonds. The van der Waals surface area contributed by atoms with Gasteiger partial charge in [0, 0.05) is 33.7 Å². The molecule has 0 bridgehead atoms. The van der Waals surface area contributed by atoms with Crippen molar-refractivity contribution in [3.63, 3.8) is 0 Å². The number of nitrogens with zero attached hydrogens (tertiary/aromatic N) is 5. The lowest BCUT2D eigenvalue weighted by Crippen LogP contribution is -2.32. The zero-order valence-corrected chi connectivity index (χ0v) is 12.2. The molecule has 1 aliphatic rings. The average molecular weight is 264 g/mol. The van der Waals surface area contributed by atoms with Gasteiger partial charge >= 0.3 is 0 Å². The Bertz CT molecular complexity index is 400. The number of hydrogen-bond donors (Lipinski definition) is 1. The number of hydrogen-bond acceptors (Lipinski definition) is 6. The van der Waals surface area contributed by atoms with Crippen LogP contribution < -0.4 is 15.1 Å². The van der Waals surface area contributed by atoms with Crippen LogP contribution >= 0.6 is 0 Å². The van der Waals surface area contributed by atoms with Crippen LogP contribution in [0, 0.1) is 0 Å². The number of nitrogens with one attached hydrogen (secondary N) is 1. The molecule has 1 aromatic rings. The average Bonchev–Trinajstić information content (AvgIpc) is 2.45. The van der Waals surface area contributed by atoms with Crippen LogP contribution in [0.4, 0.5) is 17.8 Å². The second-order valence-electron chi connectivity index (χ2n) is 5.13. The predicted octanol–water partition coefficient (Wildman–Crippen LogP) is 1.75. The van der Waals surface area contributed by atoms with Crippen LogP contribution in [-0.4, -0.2) is 48.7 Å². The summed E-state index contributed by atoms with van der Waals surface area (Å²) < 4.78 is 0. The molecule has 6 nitrogen and oxygen atoms in total. The van der Waals surface area contributed by atoms with E-state index in [9.17, 15) is 0 Å². The second-order valence-corrected chi connectivity index (χ2v) is 5.13. The molecule has 6 heteroatoms.